The summed E-state index contributed by atoms with van der Waals surface area (Å²) in [6.07, 6.45) is -5.53. The lowest BCUT2D eigenvalue weighted by molar-refractivity contribution is -0.244. The Hall–Kier alpha value is -0.780. The molecule has 2 rings (SSSR count). The number of rotatable bonds is 1. The quantitative estimate of drug-likeness (QED) is 0.692. The highest BCUT2D eigenvalue weighted by Gasteiger charge is 2.71. The fourth-order valence-electron chi connectivity index (χ4n) is 2.52. The molecule has 0 spiro atoms. The molecule has 0 saturated carbocycles. The van der Waals surface area contributed by atoms with Crippen molar-refractivity contribution in [2.24, 2.45) is 11.3 Å². The highest BCUT2D eigenvalue weighted by Crippen LogP contribution is 2.56. The van der Waals surface area contributed by atoms with Gasteiger partial charge in [0.2, 0.25) is 0 Å². The van der Waals surface area contributed by atoms with E-state index in [0.29, 0.717) is 6.42 Å². The van der Waals surface area contributed by atoms with Crippen molar-refractivity contribution in [2.45, 2.75) is 58.4 Å². The van der Waals surface area contributed by atoms with Crippen LogP contribution in [0.25, 0.3) is 0 Å². The predicted molar refractivity (Wildman–Crippen MR) is 63.5 cm³/mol. The zero-order chi connectivity index (χ0) is 14.8. The molecular weight excluding hydrogens is 261 g/mol. The molecule has 0 N–H and O–H groups in total. The molecule has 0 aliphatic carbocycles. The zero-order valence-corrected chi connectivity index (χ0v) is 11.7. The molecule has 3 unspecified atom stereocenters. The number of hydrogen-bond acceptors (Lipinski definition) is 3. The highest BCUT2D eigenvalue weighted by molar-refractivity contribution is 5.79. The summed E-state index contributed by atoms with van der Waals surface area (Å²) >= 11 is 0. The van der Waals surface area contributed by atoms with Gasteiger partial charge in [0.1, 0.15) is 0 Å². The van der Waals surface area contributed by atoms with Gasteiger partial charge >= 0.3 is 12.1 Å². The van der Waals surface area contributed by atoms with E-state index in [1.165, 1.54) is 0 Å². The maximum Gasteiger partial charge on any atom is 0.407 e. The molecule has 3 atom stereocenters. The van der Waals surface area contributed by atoms with Crippen LogP contribution in [0.1, 0.15) is 40.0 Å². The summed E-state index contributed by atoms with van der Waals surface area (Å²) in [6.45, 7) is 6.50. The van der Waals surface area contributed by atoms with E-state index in [4.69, 9.17) is 4.74 Å². The van der Waals surface area contributed by atoms with E-state index in [-0.39, 0.29) is 12.8 Å². The molecule has 2 bridgehead atoms. The third-order valence-corrected chi connectivity index (χ3v) is 3.26. The number of esters is 1. The summed E-state index contributed by atoms with van der Waals surface area (Å²) in [7, 11) is 0.974. The zero-order valence-electron chi connectivity index (χ0n) is 11.7. The Morgan fingerprint density at radius 2 is 1.84 bits per heavy atom. The van der Waals surface area contributed by atoms with E-state index < -0.39 is 29.8 Å². The number of methoxy groups -OCH3 is 1. The van der Waals surface area contributed by atoms with Crippen LogP contribution in [0, 0.1) is 11.3 Å². The molecule has 3 nitrogen and oxygen atoms in total. The Morgan fingerprint density at radius 3 is 2.11 bits per heavy atom. The Morgan fingerprint density at radius 1 is 1.32 bits per heavy atom. The molecule has 0 aromatic carbocycles. The first kappa shape index (κ1) is 16.3. The Balaban J connectivity index is 0.000000399. The van der Waals surface area contributed by atoms with Crippen molar-refractivity contribution in [1.29, 1.82) is 0 Å². The summed E-state index contributed by atoms with van der Waals surface area (Å²) in [5.41, 5.74) is -2.43. The fourth-order valence-corrected chi connectivity index (χ4v) is 2.52. The predicted octanol–water partition coefficient (Wildman–Crippen LogP) is 3.32. The monoisotopic (exact) mass is 282 g/mol. The van der Waals surface area contributed by atoms with Crippen LogP contribution in [-0.4, -0.2) is 31.5 Å². The summed E-state index contributed by atoms with van der Waals surface area (Å²) < 4.78 is 48.2. The number of hydrogen-bond donors (Lipinski definition) is 0. The van der Waals surface area contributed by atoms with E-state index in [1.54, 1.807) is 0 Å². The molecule has 2 heterocycles. The summed E-state index contributed by atoms with van der Waals surface area (Å²) in [4.78, 5) is 11.4. The SMILES string of the molecule is CC(C)C.COC(=O)C1(C(F)(F)F)CC2CCC1O2. The van der Waals surface area contributed by atoms with Crippen molar-refractivity contribution < 1.29 is 27.4 Å². The van der Waals surface area contributed by atoms with Crippen LogP contribution in [0.2, 0.25) is 0 Å². The van der Waals surface area contributed by atoms with Crippen LogP contribution in [0.4, 0.5) is 13.2 Å². The first-order chi connectivity index (χ1) is 8.65. The Bertz CT molecular complexity index is 325. The molecule has 19 heavy (non-hydrogen) atoms. The van der Waals surface area contributed by atoms with E-state index >= 15 is 0 Å². The largest absolute Gasteiger partial charge is 0.468 e. The van der Waals surface area contributed by atoms with Gasteiger partial charge in [-0.15, -0.1) is 0 Å². The van der Waals surface area contributed by atoms with Gasteiger partial charge in [0.15, 0.2) is 5.41 Å². The summed E-state index contributed by atoms with van der Waals surface area (Å²) in [5, 5.41) is 0. The molecule has 0 amide bonds. The van der Waals surface area contributed by atoms with Crippen molar-refractivity contribution in [3.8, 4) is 0 Å². The topological polar surface area (TPSA) is 35.5 Å². The molecule has 0 aromatic rings. The average Bonchev–Trinajstić information content (AvgIpc) is 2.86. The second kappa shape index (κ2) is 5.69. The maximum absolute atomic E-state index is 12.9. The average molecular weight is 282 g/mol. The van der Waals surface area contributed by atoms with Crippen molar-refractivity contribution in [2.75, 3.05) is 7.11 Å². The Labute approximate surface area is 111 Å². The lowest BCUT2D eigenvalue weighted by atomic mass is 9.73. The number of carbonyl (C=O) groups is 1. The van der Waals surface area contributed by atoms with Crippen LogP contribution >= 0.6 is 0 Å². The number of fused-ring (bicyclic) bond motifs is 2. The van der Waals surface area contributed by atoms with Gasteiger partial charge in [0.25, 0.3) is 0 Å². The minimum atomic E-state index is -4.60. The first-order valence-corrected chi connectivity index (χ1v) is 6.45. The molecule has 0 radical (unpaired) electrons. The third kappa shape index (κ3) is 3.04. The fraction of sp³-hybridized carbons (Fsp3) is 0.923. The summed E-state index contributed by atoms with van der Waals surface area (Å²) in [5.74, 6) is -0.387. The summed E-state index contributed by atoms with van der Waals surface area (Å²) in [6, 6.07) is 0. The molecule has 2 saturated heterocycles. The molecule has 2 aliphatic rings. The van der Waals surface area contributed by atoms with Crippen LogP contribution in [-0.2, 0) is 14.3 Å². The number of carbonyl (C=O) groups excluding carboxylic acids is 1. The van der Waals surface area contributed by atoms with E-state index in [9.17, 15) is 18.0 Å². The molecule has 2 fully saturated rings. The first-order valence-electron chi connectivity index (χ1n) is 6.45. The normalized spacial score (nSPS) is 33.1. The van der Waals surface area contributed by atoms with Crippen molar-refractivity contribution in [1.82, 2.24) is 0 Å². The van der Waals surface area contributed by atoms with E-state index in [0.717, 1.165) is 13.0 Å². The number of alkyl halides is 3. The lowest BCUT2D eigenvalue weighted by Gasteiger charge is -2.33. The molecule has 6 heteroatoms. The van der Waals surface area contributed by atoms with Gasteiger partial charge in [-0.05, 0) is 18.8 Å². The molecule has 112 valence electrons. The van der Waals surface area contributed by atoms with Crippen LogP contribution in [0.3, 0.4) is 0 Å². The van der Waals surface area contributed by atoms with Crippen LogP contribution < -0.4 is 0 Å². The van der Waals surface area contributed by atoms with E-state index in [2.05, 4.69) is 25.5 Å². The van der Waals surface area contributed by atoms with Crippen molar-refractivity contribution in [3.05, 3.63) is 0 Å². The van der Waals surface area contributed by atoms with Crippen LogP contribution in [0.5, 0.6) is 0 Å². The van der Waals surface area contributed by atoms with Gasteiger partial charge in [-0.1, -0.05) is 20.8 Å². The molecular formula is C13H21F3O3. The minimum absolute atomic E-state index is 0.277. The van der Waals surface area contributed by atoms with Gasteiger partial charge in [-0.25, -0.2) is 0 Å². The maximum atomic E-state index is 12.9. The second-order valence-corrected chi connectivity index (χ2v) is 5.72. The lowest BCUT2D eigenvalue weighted by Crippen LogP contribution is -2.52. The molecule has 0 aromatic heterocycles. The van der Waals surface area contributed by atoms with Gasteiger partial charge in [0, 0.05) is 6.42 Å². The minimum Gasteiger partial charge on any atom is -0.468 e. The molecule has 2 aliphatic heterocycles. The van der Waals surface area contributed by atoms with Crippen molar-refractivity contribution >= 4 is 5.97 Å². The number of ether oxygens (including phenoxy) is 2. The van der Waals surface area contributed by atoms with Crippen molar-refractivity contribution in [3.63, 3.8) is 0 Å². The number of halogens is 3. The standard InChI is InChI=1S/C9H11F3O3.C4H10/c1-14-7(13)8(9(10,11)12)4-5-2-3-6(8)15-5;1-4(2)3/h5-6H,2-4H2,1H3;4H,1-3H3. The van der Waals surface area contributed by atoms with Crippen LogP contribution in [0.15, 0.2) is 0 Å². The third-order valence-electron chi connectivity index (χ3n) is 3.26. The highest BCUT2D eigenvalue weighted by atomic mass is 19.4. The Kier molecular flexibility index (Phi) is 4.87. The smallest absolute Gasteiger partial charge is 0.407 e. The van der Waals surface area contributed by atoms with Gasteiger partial charge in [0.05, 0.1) is 19.3 Å². The van der Waals surface area contributed by atoms with Gasteiger partial charge < -0.3 is 9.47 Å². The second-order valence-electron chi connectivity index (χ2n) is 5.72. The van der Waals surface area contributed by atoms with E-state index in [1.807, 2.05) is 0 Å². The van der Waals surface area contributed by atoms with Gasteiger partial charge in [-0.3, -0.25) is 4.79 Å². The van der Waals surface area contributed by atoms with Gasteiger partial charge in [-0.2, -0.15) is 13.2 Å².